The molecule has 1 spiro atoms. The first-order valence-corrected chi connectivity index (χ1v) is 9.78. The Morgan fingerprint density at radius 1 is 1.38 bits per heavy atom. The Morgan fingerprint density at radius 2 is 2.12 bits per heavy atom. The zero-order valence-corrected chi connectivity index (χ0v) is 15.9. The van der Waals surface area contributed by atoms with E-state index in [4.69, 9.17) is 9.47 Å². The lowest BCUT2D eigenvalue weighted by Gasteiger charge is -2.46. The van der Waals surface area contributed by atoms with Crippen molar-refractivity contribution in [2.24, 2.45) is 5.92 Å². The number of ether oxygens (including phenoxy) is 2. The van der Waals surface area contributed by atoms with Crippen molar-refractivity contribution >= 4 is 6.03 Å². The van der Waals surface area contributed by atoms with Crippen molar-refractivity contribution in [3.63, 3.8) is 0 Å². The van der Waals surface area contributed by atoms with Crippen molar-refractivity contribution in [3.8, 4) is 5.75 Å². The van der Waals surface area contributed by atoms with Crippen LogP contribution in [0.15, 0.2) is 24.5 Å². The zero-order chi connectivity index (χ0) is 18.4. The molecule has 3 rings (SSSR count). The highest BCUT2D eigenvalue weighted by molar-refractivity contribution is 5.74. The number of urea groups is 1. The highest BCUT2D eigenvalue weighted by Crippen LogP contribution is 2.38. The summed E-state index contributed by atoms with van der Waals surface area (Å²) in [4.78, 5) is 18.1. The molecule has 0 aliphatic carbocycles. The highest BCUT2D eigenvalue weighted by Gasteiger charge is 2.41. The maximum atomic E-state index is 12.2. The highest BCUT2D eigenvalue weighted by atomic mass is 16.5. The minimum absolute atomic E-state index is 0.0474. The molecule has 1 atom stereocenters. The van der Waals surface area contributed by atoms with Crippen molar-refractivity contribution in [2.75, 3.05) is 26.3 Å². The number of piperidine rings is 1. The summed E-state index contributed by atoms with van der Waals surface area (Å²) >= 11 is 0. The maximum Gasteiger partial charge on any atom is 0.317 e. The molecule has 2 aliphatic heterocycles. The summed E-state index contributed by atoms with van der Waals surface area (Å²) in [6, 6.07) is 4.01. The number of carbonyl (C=O) groups excluding carboxylic acids is 1. The summed E-state index contributed by atoms with van der Waals surface area (Å²) in [5, 5.41) is 2.98. The van der Waals surface area contributed by atoms with E-state index in [1.54, 1.807) is 12.4 Å². The Kier molecular flexibility index (Phi) is 6.35. The summed E-state index contributed by atoms with van der Waals surface area (Å²) < 4.78 is 12.0. The summed E-state index contributed by atoms with van der Waals surface area (Å²) in [5.41, 5.74) is -0.0474. The molecule has 144 valence electrons. The van der Waals surface area contributed by atoms with E-state index in [1.165, 1.54) is 0 Å². The molecule has 2 fully saturated rings. The summed E-state index contributed by atoms with van der Waals surface area (Å²) in [7, 11) is 0. The number of amides is 2. The topological polar surface area (TPSA) is 63.7 Å². The van der Waals surface area contributed by atoms with Crippen LogP contribution in [0.25, 0.3) is 0 Å². The predicted molar refractivity (Wildman–Crippen MR) is 100 cm³/mol. The Bertz CT molecular complexity index is 571. The number of aromatic nitrogens is 1. The van der Waals surface area contributed by atoms with Crippen LogP contribution in [0.2, 0.25) is 0 Å². The van der Waals surface area contributed by atoms with Gasteiger partial charge in [-0.05, 0) is 64.0 Å². The van der Waals surface area contributed by atoms with Crippen LogP contribution >= 0.6 is 0 Å². The molecule has 0 saturated carbocycles. The van der Waals surface area contributed by atoms with E-state index in [0.29, 0.717) is 5.92 Å². The normalized spacial score (nSPS) is 22.4. The van der Waals surface area contributed by atoms with Crippen molar-refractivity contribution in [1.82, 2.24) is 15.2 Å². The van der Waals surface area contributed by atoms with Crippen molar-refractivity contribution < 1.29 is 14.3 Å². The zero-order valence-electron chi connectivity index (χ0n) is 15.9. The largest absolute Gasteiger partial charge is 0.493 e. The van der Waals surface area contributed by atoms with E-state index in [0.717, 1.165) is 64.2 Å². The molecule has 2 saturated heterocycles. The van der Waals surface area contributed by atoms with E-state index in [-0.39, 0.29) is 17.7 Å². The number of pyridine rings is 1. The van der Waals surface area contributed by atoms with Gasteiger partial charge in [0.15, 0.2) is 0 Å². The second-order valence-electron chi connectivity index (χ2n) is 7.80. The molecular weight excluding hydrogens is 330 g/mol. The van der Waals surface area contributed by atoms with Gasteiger partial charge in [-0.1, -0.05) is 0 Å². The first-order chi connectivity index (χ1) is 12.6. The molecule has 0 bridgehead atoms. The van der Waals surface area contributed by atoms with Crippen molar-refractivity contribution in [2.45, 2.75) is 57.6 Å². The molecular formula is C20H31N3O3. The van der Waals surface area contributed by atoms with Gasteiger partial charge in [-0.3, -0.25) is 4.98 Å². The number of carbonyl (C=O) groups is 1. The molecule has 3 heterocycles. The third-order valence-corrected chi connectivity index (χ3v) is 5.41. The second kappa shape index (κ2) is 8.71. The maximum absolute atomic E-state index is 12.2. The van der Waals surface area contributed by atoms with Crippen LogP contribution in [0.5, 0.6) is 5.75 Å². The third-order valence-electron chi connectivity index (χ3n) is 5.41. The average Bonchev–Trinajstić information content (AvgIpc) is 2.63. The van der Waals surface area contributed by atoms with Gasteiger partial charge < -0.3 is 19.7 Å². The van der Waals surface area contributed by atoms with Gasteiger partial charge in [-0.2, -0.15) is 0 Å². The van der Waals surface area contributed by atoms with Gasteiger partial charge in [0.1, 0.15) is 5.75 Å². The van der Waals surface area contributed by atoms with Crippen molar-refractivity contribution in [1.29, 1.82) is 0 Å². The van der Waals surface area contributed by atoms with Gasteiger partial charge in [0.05, 0.1) is 12.2 Å². The number of likely N-dealkylation sites (tertiary alicyclic amines) is 1. The molecule has 26 heavy (non-hydrogen) atoms. The molecule has 2 aliphatic rings. The SMILES string of the molecule is CC(C)NC(=O)N1CCC2(CC1)CC(CCOc1ccncc1)CCO2. The van der Waals surface area contributed by atoms with Crippen LogP contribution in [0.4, 0.5) is 4.79 Å². The van der Waals surface area contributed by atoms with Crippen LogP contribution in [0.1, 0.15) is 46.0 Å². The van der Waals surface area contributed by atoms with E-state index in [1.807, 2.05) is 30.9 Å². The van der Waals surface area contributed by atoms with Gasteiger partial charge in [-0.25, -0.2) is 4.79 Å². The van der Waals surface area contributed by atoms with E-state index in [9.17, 15) is 4.79 Å². The standard InChI is InChI=1S/C20H31N3O3/c1-16(2)22-19(24)23-11-7-20(8-12-23)15-17(6-14-26-20)5-13-25-18-3-9-21-10-4-18/h3-4,9-10,16-17H,5-8,11-15H2,1-2H3,(H,22,24). The Hall–Kier alpha value is -1.82. The van der Waals surface area contributed by atoms with Crippen LogP contribution in [-0.4, -0.2) is 53.9 Å². The summed E-state index contributed by atoms with van der Waals surface area (Å²) in [6.07, 6.45) is 8.58. The molecule has 1 unspecified atom stereocenters. The summed E-state index contributed by atoms with van der Waals surface area (Å²) in [6.45, 7) is 7.09. The fourth-order valence-electron chi connectivity index (χ4n) is 3.96. The van der Waals surface area contributed by atoms with Crippen molar-refractivity contribution in [3.05, 3.63) is 24.5 Å². The van der Waals surface area contributed by atoms with Gasteiger partial charge in [-0.15, -0.1) is 0 Å². The molecule has 1 aromatic rings. The van der Waals surface area contributed by atoms with Crippen LogP contribution in [0.3, 0.4) is 0 Å². The minimum Gasteiger partial charge on any atom is -0.493 e. The van der Waals surface area contributed by atoms with Gasteiger partial charge >= 0.3 is 6.03 Å². The number of hydrogen-bond donors (Lipinski definition) is 1. The lowest BCUT2D eigenvalue weighted by molar-refractivity contribution is -0.124. The fraction of sp³-hybridized carbons (Fsp3) is 0.700. The first-order valence-electron chi connectivity index (χ1n) is 9.78. The quantitative estimate of drug-likeness (QED) is 0.874. The van der Waals surface area contributed by atoms with E-state index < -0.39 is 0 Å². The van der Waals surface area contributed by atoms with Gasteiger partial charge in [0, 0.05) is 38.1 Å². The fourth-order valence-corrected chi connectivity index (χ4v) is 3.96. The monoisotopic (exact) mass is 361 g/mol. The lowest BCUT2D eigenvalue weighted by Crippen LogP contribution is -2.53. The number of hydrogen-bond acceptors (Lipinski definition) is 4. The molecule has 1 aromatic heterocycles. The molecule has 0 aromatic carbocycles. The Morgan fingerprint density at radius 3 is 2.81 bits per heavy atom. The van der Waals surface area contributed by atoms with Crippen LogP contribution in [-0.2, 0) is 4.74 Å². The smallest absolute Gasteiger partial charge is 0.317 e. The molecule has 0 radical (unpaired) electrons. The molecule has 1 N–H and O–H groups in total. The average molecular weight is 361 g/mol. The second-order valence-corrected chi connectivity index (χ2v) is 7.80. The minimum atomic E-state index is -0.0474. The predicted octanol–water partition coefficient (Wildman–Crippen LogP) is 3.23. The number of rotatable bonds is 5. The summed E-state index contributed by atoms with van der Waals surface area (Å²) in [5.74, 6) is 1.51. The van der Waals surface area contributed by atoms with Crippen LogP contribution in [0, 0.1) is 5.92 Å². The molecule has 6 heteroatoms. The lowest BCUT2D eigenvalue weighted by atomic mass is 9.78. The molecule has 2 amide bonds. The van der Waals surface area contributed by atoms with E-state index in [2.05, 4.69) is 10.3 Å². The van der Waals surface area contributed by atoms with Gasteiger partial charge in [0.2, 0.25) is 0 Å². The number of nitrogens with zero attached hydrogens (tertiary/aromatic N) is 2. The van der Waals surface area contributed by atoms with Gasteiger partial charge in [0.25, 0.3) is 0 Å². The molecule has 6 nitrogen and oxygen atoms in total. The van der Waals surface area contributed by atoms with E-state index >= 15 is 0 Å². The third kappa shape index (κ3) is 5.10. The Labute approximate surface area is 156 Å². The first kappa shape index (κ1) is 19.0. The number of nitrogens with one attached hydrogen (secondary N) is 1. The Balaban J connectivity index is 1.44. The van der Waals surface area contributed by atoms with Crippen LogP contribution < -0.4 is 10.1 Å².